The molecule has 1 aromatic carbocycles. The van der Waals surface area contributed by atoms with Crippen LogP contribution in [0.1, 0.15) is 36.7 Å². The zero-order valence-corrected chi connectivity index (χ0v) is 13.6. The minimum atomic E-state index is -0.164. The highest BCUT2D eigenvalue weighted by molar-refractivity contribution is 5.97. The van der Waals surface area contributed by atoms with Gasteiger partial charge in [0.2, 0.25) is 0 Å². The van der Waals surface area contributed by atoms with E-state index in [1.165, 1.54) is 0 Å². The molecule has 1 amide bonds. The second-order valence-corrected chi connectivity index (χ2v) is 3.94. The van der Waals surface area contributed by atoms with E-state index in [2.05, 4.69) is 11.9 Å². The molecule has 0 aliphatic rings. The minimum Gasteiger partial charge on any atom is -0.495 e. The van der Waals surface area contributed by atoms with Crippen molar-refractivity contribution in [3.63, 3.8) is 0 Å². The maximum Gasteiger partial charge on any atom is 0.256 e. The van der Waals surface area contributed by atoms with E-state index < -0.39 is 0 Å². The zero-order chi connectivity index (χ0) is 16.3. The van der Waals surface area contributed by atoms with Gasteiger partial charge in [0.25, 0.3) is 5.91 Å². The predicted molar refractivity (Wildman–Crippen MR) is 89.0 cm³/mol. The van der Waals surface area contributed by atoms with Gasteiger partial charge >= 0.3 is 0 Å². The Hall–Kier alpha value is -2.29. The summed E-state index contributed by atoms with van der Waals surface area (Å²) < 4.78 is 5.21. The molecule has 21 heavy (non-hydrogen) atoms. The molecular formula is C18H25NO2. The third-order valence-electron chi connectivity index (χ3n) is 2.67. The summed E-state index contributed by atoms with van der Waals surface area (Å²) in [5.74, 6) is 0.435. The molecule has 0 spiro atoms. The molecule has 3 nitrogen and oxygen atoms in total. The number of carbonyl (C=O) groups excluding carboxylic acids is 1. The van der Waals surface area contributed by atoms with E-state index in [4.69, 9.17) is 4.74 Å². The molecule has 0 saturated carbocycles. The summed E-state index contributed by atoms with van der Waals surface area (Å²) in [7, 11) is 1.56. The maximum atomic E-state index is 12.2. The molecule has 0 saturated heterocycles. The first-order valence-electron chi connectivity index (χ1n) is 7.04. The first-order chi connectivity index (χ1) is 10.1. The highest BCUT2D eigenvalue weighted by Crippen LogP contribution is 2.11. The third-order valence-corrected chi connectivity index (χ3v) is 2.67. The SMILES string of the molecule is C=C/C=C(NC(=O)c1ccccc1C)\C(=C/C)OC.CC. The number of hydrogen-bond acceptors (Lipinski definition) is 2. The van der Waals surface area contributed by atoms with Crippen LogP contribution in [0.2, 0.25) is 0 Å². The number of methoxy groups -OCH3 is 1. The standard InChI is InChI=1S/C16H19NO2.C2H6/c1-5-9-14(15(6-2)19-4)17-16(18)13-11-8-7-10-12(13)3;1-2/h5-11H,1H2,2-4H3,(H,17,18);1-2H3/b14-9+,15-6+;. The van der Waals surface area contributed by atoms with Crippen molar-refractivity contribution in [2.24, 2.45) is 0 Å². The van der Waals surface area contributed by atoms with Crippen LogP contribution in [0.25, 0.3) is 0 Å². The number of benzene rings is 1. The van der Waals surface area contributed by atoms with E-state index in [1.54, 1.807) is 31.4 Å². The van der Waals surface area contributed by atoms with Gasteiger partial charge in [-0.1, -0.05) is 44.7 Å². The molecule has 0 bridgehead atoms. The van der Waals surface area contributed by atoms with E-state index >= 15 is 0 Å². The van der Waals surface area contributed by atoms with Crippen molar-refractivity contribution in [2.45, 2.75) is 27.7 Å². The topological polar surface area (TPSA) is 38.3 Å². The van der Waals surface area contributed by atoms with E-state index in [0.29, 0.717) is 17.0 Å². The Labute approximate surface area is 128 Å². The molecule has 1 N–H and O–H groups in total. The van der Waals surface area contributed by atoms with Crippen LogP contribution in [0.15, 0.2) is 60.5 Å². The molecule has 0 unspecified atom stereocenters. The highest BCUT2D eigenvalue weighted by atomic mass is 16.5. The number of allylic oxidation sites excluding steroid dienone is 3. The van der Waals surface area contributed by atoms with Gasteiger partial charge in [-0.25, -0.2) is 0 Å². The van der Waals surface area contributed by atoms with Crippen molar-refractivity contribution in [1.82, 2.24) is 5.32 Å². The van der Waals surface area contributed by atoms with Crippen LogP contribution in [0.5, 0.6) is 0 Å². The quantitative estimate of drug-likeness (QED) is 0.645. The molecular weight excluding hydrogens is 262 g/mol. The Morgan fingerprint density at radius 3 is 2.38 bits per heavy atom. The van der Waals surface area contributed by atoms with Gasteiger partial charge in [0.15, 0.2) is 0 Å². The summed E-state index contributed by atoms with van der Waals surface area (Å²) in [6.45, 7) is 11.4. The van der Waals surface area contributed by atoms with Crippen LogP contribution in [-0.4, -0.2) is 13.0 Å². The zero-order valence-electron chi connectivity index (χ0n) is 13.6. The molecule has 0 atom stereocenters. The smallest absolute Gasteiger partial charge is 0.256 e. The second kappa shape index (κ2) is 10.5. The number of nitrogens with one attached hydrogen (secondary N) is 1. The van der Waals surface area contributed by atoms with E-state index in [0.717, 1.165) is 5.56 Å². The number of amides is 1. The predicted octanol–water partition coefficient (Wildman–Crippen LogP) is 4.37. The van der Waals surface area contributed by atoms with Crippen molar-refractivity contribution < 1.29 is 9.53 Å². The third kappa shape index (κ3) is 5.69. The van der Waals surface area contributed by atoms with Gasteiger partial charge in [0, 0.05) is 5.56 Å². The monoisotopic (exact) mass is 287 g/mol. The minimum absolute atomic E-state index is 0.164. The lowest BCUT2D eigenvalue weighted by atomic mass is 10.1. The van der Waals surface area contributed by atoms with Crippen molar-refractivity contribution >= 4 is 5.91 Å². The van der Waals surface area contributed by atoms with Gasteiger partial charge in [0.05, 0.1) is 12.8 Å². The lowest BCUT2D eigenvalue weighted by molar-refractivity contribution is 0.0962. The van der Waals surface area contributed by atoms with E-state index in [1.807, 2.05) is 45.9 Å². The Bertz CT molecular complexity index is 528. The summed E-state index contributed by atoms with van der Waals surface area (Å²) in [4.78, 5) is 12.2. The molecule has 0 fully saturated rings. The Morgan fingerprint density at radius 1 is 1.29 bits per heavy atom. The number of ether oxygens (including phenoxy) is 1. The molecule has 1 aromatic rings. The van der Waals surface area contributed by atoms with Gasteiger partial charge < -0.3 is 10.1 Å². The summed E-state index contributed by atoms with van der Waals surface area (Å²) in [6.07, 6.45) is 5.10. The van der Waals surface area contributed by atoms with Crippen molar-refractivity contribution in [3.05, 3.63) is 71.7 Å². The van der Waals surface area contributed by atoms with Gasteiger partial charge in [-0.3, -0.25) is 4.79 Å². The molecule has 0 radical (unpaired) electrons. The van der Waals surface area contributed by atoms with Crippen molar-refractivity contribution in [1.29, 1.82) is 0 Å². The highest BCUT2D eigenvalue weighted by Gasteiger charge is 2.12. The number of aryl methyl sites for hydroxylation is 1. The van der Waals surface area contributed by atoms with Crippen LogP contribution >= 0.6 is 0 Å². The van der Waals surface area contributed by atoms with Crippen LogP contribution in [-0.2, 0) is 4.74 Å². The fourth-order valence-corrected chi connectivity index (χ4v) is 1.70. The van der Waals surface area contributed by atoms with E-state index in [9.17, 15) is 4.79 Å². The van der Waals surface area contributed by atoms with Crippen LogP contribution in [0.4, 0.5) is 0 Å². The molecule has 1 rings (SSSR count). The molecule has 0 aliphatic carbocycles. The maximum absolute atomic E-state index is 12.2. The second-order valence-electron chi connectivity index (χ2n) is 3.94. The average molecular weight is 287 g/mol. The average Bonchev–Trinajstić information content (AvgIpc) is 2.51. The van der Waals surface area contributed by atoms with Gasteiger partial charge in [-0.15, -0.1) is 0 Å². The summed E-state index contributed by atoms with van der Waals surface area (Å²) in [5.41, 5.74) is 2.16. The van der Waals surface area contributed by atoms with Gasteiger partial charge in [-0.2, -0.15) is 0 Å². The van der Waals surface area contributed by atoms with Crippen molar-refractivity contribution in [2.75, 3.05) is 7.11 Å². The first kappa shape index (κ1) is 18.7. The Kier molecular flexibility index (Phi) is 9.35. The largest absolute Gasteiger partial charge is 0.495 e. The fourth-order valence-electron chi connectivity index (χ4n) is 1.70. The van der Waals surface area contributed by atoms with Crippen LogP contribution in [0, 0.1) is 6.92 Å². The Morgan fingerprint density at radius 2 is 1.90 bits per heavy atom. The summed E-state index contributed by atoms with van der Waals surface area (Å²) >= 11 is 0. The van der Waals surface area contributed by atoms with Crippen molar-refractivity contribution in [3.8, 4) is 0 Å². The summed E-state index contributed by atoms with van der Waals surface area (Å²) in [6, 6.07) is 7.43. The van der Waals surface area contributed by atoms with E-state index in [-0.39, 0.29) is 5.91 Å². The number of carbonyl (C=O) groups is 1. The lowest BCUT2D eigenvalue weighted by Gasteiger charge is -2.13. The van der Waals surface area contributed by atoms with Gasteiger partial charge in [0.1, 0.15) is 5.76 Å². The number of rotatable bonds is 5. The fraction of sp³-hybridized carbons (Fsp3) is 0.278. The molecule has 0 heterocycles. The molecule has 0 aliphatic heterocycles. The first-order valence-corrected chi connectivity index (χ1v) is 7.04. The lowest BCUT2D eigenvalue weighted by Crippen LogP contribution is -2.25. The molecule has 0 aromatic heterocycles. The van der Waals surface area contributed by atoms with Crippen LogP contribution in [0.3, 0.4) is 0 Å². The molecule has 3 heteroatoms. The normalized spacial score (nSPS) is 11.1. The van der Waals surface area contributed by atoms with Crippen LogP contribution < -0.4 is 5.32 Å². The number of hydrogen-bond donors (Lipinski definition) is 1. The van der Waals surface area contributed by atoms with Gasteiger partial charge in [-0.05, 0) is 37.6 Å². The summed E-state index contributed by atoms with van der Waals surface area (Å²) in [5, 5.41) is 2.83. The Balaban J connectivity index is 0.00000191. The molecule has 114 valence electrons.